The molecule has 4 nitrogen and oxygen atoms in total. The van der Waals surface area contributed by atoms with Gasteiger partial charge in [-0.25, -0.2) is 0 Å². The molecule has 0 radical (unpaired) electrons. The van der Waals surface area contributed by atoms with E-state index in [2.05, 4.69) is 0 Å². The molecule has 0 aliphatic carbocycles. The van der Waals surface area contributed by atoms with Crippen LogP contribution in [0.5, 0.6) is 5.75 Å². The first-order chi connectivity index (χ1) is 6.04. The number of hydrogen-bond donors (Lipinski definition) is 2. The number of hydrogen-bond acceptors (Lipinski definition) is 4. The van der Waals surface area contributed by atoms with Crippen LogP contribution in [-0.4, -0.2) is 10.2 Å². The summed E-state index contributed by atoms with van der Waals surface area (Å²) in [6.07, 6.45) is 0.206. The molecule has 0 bridgehead atoms. The second-order valence-electron chi connectivity index (χ2n) is 3.19. The van der Waals surface area contributed by atoms with Crippen molar-refractivity contribution in [3.8, 4) is 5.75 Å². The van der Waals surface area contributed by atoms with Gasteiger partial charge < -0.3 is 14.6 Å². The molecule has 0 aliphatic heterocycles. The molecule has 1 aromatic rings. The zero-order valence-corrected chi connectivity index (χ0v) is 7.52. The summed E-state index contributed by atoms with van der Waals surface area (Å²) in [6.45, 7) is 3.52. The van der Waals surface area contributed by atoms with Gasteiger partial charge in [0.05, 0.1) is 6.26 Å². The molecule has 1 heterocycles. The number of rotatable bonds is 2. The second kappa shape index (κ2) is 3.62. The summed E-state index contributed by atoms with van der Waals surface area (Å²) >= 11 is 0. The van der Waals surface area contributed by atoms with Crippen molar-refractivity contribution in [2.75, 3.05) is 0 Å². The summed E-state index contributed by atoms with van der Waals surface area (Å²) in [5, 5.41) is 18.8. The van der Waals surface area contributed by atoms with E-state index in [0.29, 0.717) is 0 Å². The van der Waals surface area contributed by atoms with Gasteiger partial charge in [-0.05, 0) is 5.92 Å². The lowest BCUT2D eigenvalue weighted by Crippen LogP contribution is -2.09. The van der Waals surface area contributed by atoms with Crippen molar-refractivity contribution in [2.45, 2.75) is 20.0 Å². The fraction of sp³-hybridized carbons (Fsp3) is 0.444. The van der Waals surface area contributed by atoms with Gasteiger partial charge in [-0.3, -0.25) is 4.79 Å². The van der Waals surface area contributed by atoms with Gasteiger partial charge in [-0.15, -0.1) is 0 Å². The Labute approximate surface area is 75.4 Å². The van der Waals surface area contributed by atoms with Gasteiger partial charge in [-0.2, -0.15) is 0 Å². The Morgan fingerprint density at radius 1 is 1.46 bits per heavy atom. The molecule has 0 fully saturated rings. The minimum atomic E-state index is -0.950. The van der Waals surface area contributed by atoms with Crippen LogP contribution in [0.25, 0.3) is 0 Å². The van der Waals surface area contributed by atoms with Crippen LogP contribution in [0, 0.1) is 5.92 Å². The SMILES string of the molecule is CC(C)C(O)c1occc(=O)c1O. The number of aliphatic hydroxyl groups is 1. The molecule has 0 saturated carbocycles. The molecule has 72 valence electrons. The van der Waals surface area contributed by atoms with E-state index in [0.717, 1.165) is 12.3 Å². The molecule has 1 rings (SSSR count). The summed E-state index contributed by atoms with van der Waals surface area (Å²) in [5.74, 6) is -0.692. The monoisotopic (exact) mass is 184 g/mol. The van der Waals surface area contributed by atoms with Crippen LogP contribution in [0.2, 0.25) is 0 Å². The molecule has 0 aliphatic rings. The molecule has 0 amide bonds. The Morgan fingerprint density at radius 3 is 2.62 bits per heavy atom. The van der Waals surface area contributed by atoms with Gasteiger partial charge in [0.1, 0.15) is 6.10 Å². The minimum Gasteiger partial charge on any atom is -0.502 e. The second-order valence-corrected chi connectivity index (χ2v) is 3.19. The molecule has 0 spiro atoms. The van der Waals surface area contributed by atoms with E-state index in [4.69, 9.17) is 4.42 Å². The van der Waals surface area contributed by atoms with Gasteiger partial charge in [-0.1, -0.05) is 13.8 Å². The normalized spacial score (nSPS) is 13.2. The molecule has 0 aromatic carbocycles. The van der Waals surface area contributed by atoms with Gasteiger partial charge in [0.2, 0.25) is 11.2 Å². The van der Waals surface area contributed by atoms with E-state index < -0.39 is 17.3 Å². The summed E-state index contributed by atoms with van der Waals surface area (Å²) in [4.78, 5) is 10.9. The lowest BCUT2D eigenvalue weighted by molar-refractivity contribution is 0.0958. The summed E-state index contributed by atoms with van der Waals surface area (Å²) < 4.78 is 4.86. The van der Waals surface area contributed by atoms with Crippen molar-refractivity contribution >= 4 is 0 Å². The Hall–Kier alpha value is -1.29. The van der Waals surface area contributed by atoms with Crippen molar-refractivity contribution in [3.05, 3.63) is 28.3 Å². The van der Waals surface area contributed by atoms with Crippen LogP contribution in [0.3, 0.4) is 0 Å². The highest BCUT2D eigenvalue weighted by Gasteiger charge is 2.20. The molecule has 1 atom stereocenters. The topological polar surface area (TPSA) is 70.7 Å². The third kappa shape index (κ3) is 1.89. The highest BCUT2D eigenvalue weighted by atomic mass is 16.4. The van der Waals surface area contributed by atoms with Crippen LogP contribution in [0.15, 0.2) is 21.5 Å². The third-order valence-electron chi connectivity index (χ3n) is 1.78. The maximum absolute atomic E-state index is 10.9. The summed E-state index contributed by atoms with van der Waals surface area (Å²) in [5.41, 5.74) is -0.541. The van der Waals surface area contributed by atoms with Gasteiger partial charge in [0.15, 0.2) is 5.76 Å². The predicted octanol–water partition coefficient (Wildman–Crippen LogP) is 1.03. The largest absolute Gasteiger partial charge is 0.502 e. The van der Waals surface area contributed by atoms with Crippen LogP contribution in [0.1, 0.15) is 25.7 Å². The summed E-state index contributed by atoms with van der Waals surface area (Å²) in [6, 6.07) is 1.10. The highest BCUT2D eigenvalue weighted by Crippen LogP contribution is 2.25. The maximum Gasteiger partial charge on any atom is 0.226 e. The zero-order chi connectivity index (χ0) is 10.0. The first kappa shape index (κ1) is 9.80. The van der Waals surface area contributed by atoms with E-state index in [1.807, 2.05) is 0 Å². The van der Waals surface area contributed by atoms with Crippen molar-refractivity contribution in [2.24, 2.45) is 5.92 Å². The minimum absolute atomic E-state index is 0.0671. The van der Waals surface area contributed by atoms with Gasteiger partial charge in [0.25, 0.3) is 0 Å². The molecular weight excluding hydrogens is 172 g/mol. The van der Waals surface area contributed by atoms with Crippen LogP contribution in [0.4, 0.5) is 0 Å². The fourth-order valence-electron chi connectivity index (χ4n) is 0.938. The summed E-state index contributed by atoms with van der Waals surface area (Å²) in [7, 11) is 0. The standard InChI is InChI=1S/C9H12O4/c1-5(2)7(11)9-8(12)6(10)3-4-13-9/h3-5,7,11-12H,1-2H3. The third-order valence-corrected chi connectivity index (χ3v) is 1.78. The van der Waals surface area contributed by atoms with Gasteiger partial charge in [0, 0.05) is 6.07 Å². The smallest absolute Gasteiger partial charge is 0.226 e. The first-order valence-electron chi connectivity index (χ1n) is 4.02. The lowest BCUT2D eigenvalue weighted by atomic mass is 10.0. The number of aliphatic hydroxyl groups excluding tert-OH is 1. The van der Waals surface area contributed by atoms with E-state index in [1.165, 1.54) is 0 Å². The Bertz CT molecular complexity index is 340. The van der Waals surface area contributed by atoms with Crippen molar-refractivity contribution in [1.29, 1.82) is 0 Å². The van der Waals surface area contributed by atoms with Crippen molar-refractivity contribution < 1.29 is 14.6 Å². The molecule has 2 N–H and O–H groups in total. The fourth-order valence-corrected chi connectivity index (χ4v) is 0.938. The number of aromatic hydroxyl groups is 1. The average Bonchev–Trinajstić information content (AvgIpc) is 2.08. The van der Waals surface area contributed by atoms with E-state index in [9.17, 15) is 15.0 Å². The Balaban J connectivity index is 3.15. The zero-order valence-electron chi connectivity index (χ0n) is 7.52. The van der Waals surface area contributed by atoms with Gasteiger partial charge >= 0.3 is 0 Å². The van der Waals surface area contributed by atoms with Crippen LogP contribution >= 0.6 is 0 Å². The molecular formula is C9H12O4. The Kier molecular flexibility index (Phi) is 2.72. The predicted molar refractivity (Wildman–Crippen MR) is 46.4 cm³/mol. The first-order valence-corrected chi connectivity index (χ1v) is 4.02. The van der Waals surface area contributed by atoms with E-state index in [-0.39, 0.29) is 11.7 Å². The molecule has 13 heavy (non-hydrogen) atoms. The average molecular weight is 184 g/mol. The van der Waals surface area contributed by atoms with Crippen molar-refractivity contribution in [1.82, 2.24) is 0 Å². The van der Waals surface area contributed by atoms with Crippen LogP contribution in [-0.2, 0) is 0 Å². The van der Waals surface area contributed by atoms with Crippen molar-refractivity contribution in [3.63, 3.8) is 0 Å². The highest BCUT2D eigenvalue weighted by molar-refractivity contribution is 5.24. The van der Waals surface area contributed by atoms with E-state index in [1.54, 1.807) is 13.8 Å². The Morgan fingerprint density at radius 2 is 2.08 bits per heavy atom. The van der Waals surface area contributed by atoms with E-state index >= 15 is 0 Å². The molecule has 4 heteroatoms. The quantitative estimate of drug-likeness (QED) is 0.720. The molecule has 1 unspecified atom stereocenters. The molecule has 1 aromatic heterocycles. The lowest BCUT2D eigenvalue weighted by Gasteiger charge is -2.13. The van der Waals surface area contributed by atoms with Crippen LogP contribution < -0.4 is 5.43 Å². The maximum atomic E-state index is 10.9. The molecule has 0 saturated heterocycles.